The van der Waals surface area contributed by atoms with Crippen LogP contribution in [0.25, 0.3) is 44.8 Å². The summed E-state index contributed by atoms with van der Waals surface area (Å²) in [7, 11) is 4.25. The molecule has 0 bridgehead atoms. The van der Waals surface area contributed by atoms with Crippen molar-refractivity contribution in [3.63, 3.8) is 0 Å². The number of aryl methyl sites for hydroxylation is 4. The number of nitrogens with zero attached hydrogens (tertiary/aromatic N) is 2. The van der Waals surface area contributed by atoms with Crippen LogP contribution in [0.4, 0.5) is 0 Å². The molecule has 4 aliphatic rings. The summed E-state index contributed by atoms with van der Waals surface area (Å²) in [6.07, 6.45) is 23.7. The van der Waals surface area contributed by atoms with E-state index in [9.17, 15) is 1.37 Å². The minimum Gasteiger partial charge on any atom is -0.200 e. The third-order valence-electron chi connectivity index (χ3n) is 15.4. The Morgan fingerprint density at radius 3 is 1.16 bits per heavy atom. The zero-order chi connectivity index (χ0) is 43.6. The van der Waals surface area contributed by atoms with Crippen LogP contribution < -0.4 is 9.13 Å². The van der Waals surface area contributed by atoms with E-state index in [1.807, 2.05) is 0 Å². The Labute approximate surface area is 370 Å². The third-order valence-corrected chi connectivity index (χ3v) is 15.4. The lowest BCUT2D eigenvalue weighted by molar-refractivity contribution is -0.660. The van der Waals surface area contributed by atoms with E-state index in [0.29, 0.717) is 0 Å². The van der Waals surface area contributed by atoms with Crippen LogP contribution in [-0.4, -0.2) is 0 Å². The van der Waals surface area contributed by atoms with Gasteiger partial charge in [-0.3, -0.25) is 0 Å². The summed E-state index contributed by atoms with van der Waals surface area (Å²) in [6.45, 7) is 4.33. The van der Waals surface area contributed by atoms with Gasteiger partial charge in [0.15, 0.2) is 12.4 Å². The Kier molecular flexibility index (Phi) is 12.2. The van der Waals surface area contributed by atoms with Crippen molar-refractivity contribution in [2.75, 3.05) is 0 Å². The fourth-order valence-electron chi connectivity index (χ4n) is 11.8. The van der Waals surface area contributed by atoms with Crippen molar-refractivity contribution < 1.29 is 11.9 Å². The molecule has 0 spiro atoms. The van der Waals surface area contributed by atoms with E-state index < -0.39 is 0 Å². The number of pyridine rings is 2. The quantitative estimate of drug-likeness (QED) is 0.135. The molecule has 4 unspecified atom stereocenters. The van der Waals surface area contributed by atoms with Gasteiger partial charge in [-0.1, -0.05) is 143 Å². The van der Waals surface area contributed by atoms with E-state index in [0.717, 1.165) is 49.4 Å². The lowest BCUT2D eigenvalue weighted by atomic mass is 9.78. The minimum absolute atomic E-state index is 0.384. The van der Waals surface area contributed by atoms with Gasteiger partial charge in [0.2, 0.25) is 11.4 Å². The molecule has 2 aromatic heterocycles. The second-order valence-electron chi connectivity index (χ2n) is 19.3. The van der Waals surface area contributed by atoms with Crippen molar-refractivity contribution in [1.29, 1.82) is 0 Å². The number of benzene rings is 4. The molecule has 0 amide bonds. The van der Waals surface area contributed by atoms with Crippen molar-refractivity contribution in [2.24, 2.45) is 37.8 Å². The maximum absolute atomic E-state index is 9.22. The minimum atomic E-state index is -0.389. The molecule has 2 nitrogen and oxygen atoms in total. The van der Waals surface area contributed by atoms with Crippen molar-refractivity contribution in [1.82, 2.24) is 0 Å². The largest absolute Gasteiger partial charge is 0.212 e. The van der Waals surface area contributed by atoms with E-state index in [-0.39, 0.29) is 11.8 Å². The average molecular weight is 809 g/mol. The van der Waals surface area contributed by atoms with Crippen molar-refractivity contribution in [3.8, 4) is 44.8 Å². The fourth-order valence-corrected chi connectivity index (χ4v) is 11.8. The Balaban J connectivity index is 0.000000160. The predicted molar refractivity (Wildman–Crippen MR) is 255 cm³/mol. The molecule has 4 atom stereocenters. The Bertz CT molecular complexity index is 2500. The first kappa shape index (κ1) is 39.1. The van der Waals surface area contributed by atoms with Gasteiger partial charge in [0.25, 0.3) is 0 Å². The number of rotatable bonds is 8. The Morgan fingerprint density at radius 2 is 0.770 bits per heavy atom. The fraction of sp³-hybridized carbons (Fsp3) is 0.424. The highest BCUT2D eigenvalue weighted by Gasteiger charge is 2.34. The predicted octanol–water partition coefficient (Wildman–Crippen LogP) is 14.8. The van der Waals surface area contributed by atoms with E-state index in [1.54, 1.807) is 0 Å². The van der Waals surface area contributed by atoms with Gasteiger partial charge in [-0.05, 0) is 145 Å². The summed E-state index contributed by atoms with van der Waals surface area (Å²) < 4.78 is 22.8. The summed E-state index contributed by atoms with van der Waals surface area (Å²) in [4.78, 5) is 0. The smallest absolute Gasteiger partial charge is 0.200 e. The first-order chi connectivity index (χ1) is 30.6. The number of aromatic nitrogens is 2. The highest BCUT2D eigenvalue weighted by atomic mass is 14.9. The van der Waals surface area contributed by atoms with Crippen LogP contribution in [-0.2, 0) is 14.1 Å². The zero-order valence-electron chi connectivity index (χ0n) is 39.5. The number of hydrogen-bond acceptors (Lipinski definition) is 0. The molecule has 0 saturated heterocycles. The summed E-state index contributed by atoms with van der Waals surface area (Å²) in [5.41, 5.74) is 14.9. The molecular weight excluding hydrogens is 737 g/mol. The molecule has 61 heavy (non-hydrogen) atoms. The highest BCUT2D eigenvalue weighted by molar-refractivity contribution is 5.68. The molecule has 314 valence electrons. The Hall–Kier alpha value is -4.82. The first-order valence-corrected chi connectivity index (χ1v) is 23.9. The van der Waals surface area contributed by atoms with Gasteiger partial charge < -0.3 is 0 Å². The van der Waals surface area contributed by atoms with Gasteiger partial charge in [0.05, 0.1) is 0 Å². The van der Waals surface area contributed by atoms with Crippen LogP contribution in [0, 0.1) is 37.5 Å². The number of hydrogen-bond donors (Lipinski definition) is 0. The van der Waals surface area contributed by atoms with Gasteiger partial charge in [0, 0.05) is 37.1 Å². The highest BCUT2D eigenvalue weighted by Crippen LogP contribution is 2.47. The molecule has 4 fully saturated rings. The SMILES string of the molecule is [2H]C1(c2ccc(-c3ccc(-c4ccccc4C)[n+](C)c3)cc2)CCC(C2CCCC2)C1.[2H]C1(c2ccc(-c3ccc(-c4ccccc4C)[n+](C)c3)cc2)CCC(C2CCCCC2)C1. The topological polar surface area (TPSA) is 7.76 Å². The molecule has 0 aliphatic heterocycles. The first-order valence-electron chi connectivity index (χ1n) is 24.9. The van der Waals surface area contributed by atoms with Crippen LogP contribution in [0.3, 0.4) is 0 Å². The summed E-state index contributed by atoms with van der Waals surface area (Å²) >= 11 is 0. The molecule has 6 aromatic rings. The van der Waals surface area contributed by atoms with Gasteiger partial charge in [-0.25, -0.2) is 9.13 Å². The van der Waals surface area contributed by atoms with Gasteiger partial charge in [-0.2, -0.15) is 0 Å². The standard InChI is InChI=1S/C30H36N.C29H34N/c1-22-8-6-7-11-29(22)30-19-18-28(21-31(30)2)25-14-12-24(13-15-25)27-17-16-26(20-27)23-9-4-3-5-10-23;1-21-7-3-6-10-28(21)29-18-17-27(20-30(29)2)24-13-11-23(12-14-24)26-16-15-25(19-26)22-8-4-5-9-22/h6-8,11-15,18-19,21,23,26-27H,3-5,9-10,16-17,20H2,1-2H3;3,6-7,10-14,17-18,20,22,25-26H,4-5,8-9,15-16,19H2,1-2H3/q2*+1/i27D;26D. The summed E-state index contributed by atoms with van der Waals surface area (Å²) in [6, 6.07) is 43.8. The van der Waals surface area contributed by atoms with Crippen LogP contribution in [0.1, 0.15) is 133 Å². The van der Waals surface area contributed by atoms with E-state index in [1.165, 1.54) is 138 Å². The normalized spacial score (nSPS) is 24.9. The molecule has 2 heteroatoms. The molecule has 4 aromatic carbocycles. The molecule has 0 radical (unpaired) electrons. The third kappa shape index (κ3) is 9.50. The van der Waals surface area contributed by atoms with Crippen molar-refractivity contribution in [3.05, 3.63) is 156 Å². The van der Waals surface area contributed by atoms with Gasteiger partial charge in [0.1, 0.15) is 14.1 Å². The van der Waals surface area contributed by atoms with E-state index in [4.69, 9.17) is 1.37 Å². The molecule has 2 heterocycles. The Morgan fingerprint density at radius 1 is 0.393 bits per heavy atom. The average Bonchev–Trinajstić information content (AvgIpc) is 4.10. The molecule has 10 rings (SSSR count). The van der Waals surface area contributed by atoms with E-state index in [2.05, 4.69) is 171 Å². The van der Waals surface area contributed by atoms with Crippen molar-refractivity contribution in [2.45, 2.75) is 122 Å². The molecular formula is C59H70N2+2. The maximum atomic E-state index is 9.22. The molecule has 0 N–H and O–H groups in total. The van der Waals surface area contributed by atoms with Gasteiger partial charge in [-0.15, -0.1) is 0 Å². The van der Waals surface area contributed by atoms with Crippen LogP contribution in [0.15, 0.2) is 134 Å². The second-order valence-corrected chi connectivity index (χ2v) is 19.3. The molecule has 4 saturated carbocycles. The second kappa shape index (κ2) is 19.1. The summed E-state index contributed by atoms with van der Waals surface area (Å²) in [5, 5.41) is 0. The lowest BCUT2D eigenvalue weighted by Gasteiger charge is -2.27. The van der Waals surface area contributed by atoms with Crippen LogP contribution in [0.2, 0.25) is 0 Å². The maximum Gasteiger partial charge on any atom is 0.212 e. The molecule has 4 aliphatic carbocycles. The lowest BCUT2D eigenvalue weighted by Crippen LogP contribution is -2.30. The van der Waals surface area contributed by atoms with Crippen molar-refractivity contribution >= 4 is 0 Å². The summed E-state index contributed by atoms with van der Waals surface area (Å²) in [5.74, 6) is 2.53. The van der Waals surface area contributed by atoms with E-state index >= 15 is 0 Å². The van der Waals surface area contributed by atoms with Gasteiger partial charge >= 0.3 is 0 Å². The van der Waals surface area contributed by atoms with Crippen LogP contribution in [0.5, 0.6) is 0 Å². The zero-order valence-corrected chi connectivity index (χ0v) is 37.5. The monoisotopic (exact) mass is 809 g/mol. The van der Waals surface area contributed by atoms with Crippen LogP contribution >= 0.6 is 0 Å².